The maximum atomic E-state index is 13.4. The molecular formula is C24H18BrClN6O. The number of benzene rings is 2. The summed E-state index contributed by atoms with van der Waals surface area (Å²) < 4.78 is 2.67. The molecule has 2 aromatic carbocycles. The first-order valence-electron chi connectivity index (χ1n) is 10.2. The van der Waals surface area contributed by atoms with E-state index in [0.29, 0.717) is 33.9 Å². The van der Waals surface area contributed by atoms with Crippen LogP contribution in [0.1, 0.15) is 18.5 Å². The fourth-order valence-corrected chi connectivity index (χ4v) is 4.26. The smallest absolute Gasteiger partial charge is 0.257 e. The van der Waals surface area contributed by atoms with E-state index in [1.54, 1.807) is 29.1 Å². The van der Waals surface area contributed by atoms with Gasteiger partial charge in [0.2, 0.25) is 5.95 Å². The molecule has 1 unspecified atom stereocenters. The van der Waals surface area contributed by atoms with Crippen molar-refractivity contribution in [3.63, 3.8) is 0 Å². The van der Waals surface area contributed by atoms with Gasteiger partial charge >= 0.3 is 0 Å². The minimum Gasteiger partial charge on any atom is -0.328 e. The van der Waals surface area contributed by atoms with Crippen molar-refractivity contribution < 1.29 is 4.79 Å². The number of anilines is 2. The third kappa shape index (κ3) is 4.15. The fourth-order valence-electron chi connectivity index (χ4n) is 3.78. The van der Waals surface area contributed by atoms with Crippen LogP contribution in [0.15, 0.2) is 88.7 Å². The van der Waals surface area contributed by atoms with E-state index in [9.17, 15) is 4.79 Å². The number of allylic oxidation sites excluding steroid dienone is 1. The predicted molar refractivity (Wildman–Crippen MR) is 132 cm³/mol. The van der Waals surface area contributed by atoms with Gasteiger partial charge in [-0.1, -0.05) is 57.9 Å². The van der Waals surface area contributed by atoms with Crippen LogP contribution in [0, 0.1) is 0 Å². The van der Waals surface area contributed by atoms with Gasteiger partial charge in [-0.25, -0.2) is 9.67 Å². The number of rotatable bonds is 4. The molecule has 7 nitrogen and oxygen atoms in total. The van der Waals surface area contributed by atoms with Crippen LogP contribution in [0.3, 0.4) is 0 Å². The largest absolute Gasteiger partial charge is 0.328 e. The lowest BCUT2D eigenvalue weighted by Gasteiger charge is -2.28. The zero-order valence-electron chi connectivity index (χ0n) is 17.5. The summed E-state index contributed by atoms with van der Waals surface area (Å²) in [6.45, 7) is 1.85. The highest BCUT2D eigenvalue weighted by Crippen LogP contribution is 2.37. The summed E-state index contributed by atoms with van der Waals surface area (Å²) >= 11 is 9.88. The minimum absolute atomic E-state index is 0.271. The van der Waals surface area contributed by atoms with E-state index < -0.39 is 6.04 Å². The Bertz CT molecular complexity index is 1370. The molecule has 0 fully saturated rings. The van der Waals surface area contributed by atoms with Crippen molar-refractivity contribution in [3.05, 3.63) is 99.3 Å². The van der Waals surface area contributed by atoms with Crippen molar-refractivity contribution in [2.45, 2.75) is 13.0 Å². The lowest BCUT2D eigenvalue weighted by Crippen LogP contribution is -2.31. The second-order valence-electron chi connectivity index (χ2n) is 7.47. The van der Waals surface area contributed by atoms with Gasteiger partial charge in [0.1, 0.15) is 11.9 Å². The van der Waals surface area contributed by atoms with E-state index in [0.717, 1.165) is 15.6 Å². The van der Waals surface area contributed by atoms with Crippen molar-refractivity contribution in [3.8, 4) is 11.4 Å². The molecule has 4 aromatic rings. The van der Waals surface area contributed by atoms with E-state index in [2.05, 4.69) is 36.5 Å². The van der Waals surface area contributed by atoms with Crippen LogP contribution >= 0.6 is 27.5 Å². The first-order chi connectivity index (χ1) is 16.0. The number of aromatic nitrogens is 4. The Kier molecular flexibility index (Phi) is 5.70. The number of pyridine rings is 1. The quantitative estimate of drug-likeness (QED) is 0.361. The van der Waals surface area contributed by atoms with Gasteiger partial charge < -0.3 is 10.6 Å². The van der Waals surface area contributed by atoms with Crippen LogP contribution in [-0.4, -0.2) is 25.7 Å². The van der Waals surface area contributed by atoms with Crippen molar-refractivity contribution in [2.24, 2.45) is 0 Å². The number of hydrogen-bond acceptors (Lipinski definition) is 5. The molecule has 1 amide bonds. The molecule has 164 valence electrons. The van der Waals surface area contributed by atoms with Gasteiger partial charge in [0, 0.05) is 21.9 Å². The first kappa shape index (κ1) is 21.4. The second kappa shape index (κ2) is 8.80. The molecule has 3 heterocycles. The van der Waals surface area contributed by atoms with E-state index in [4.69, 9.17) is 16.7 Å². The lowest BCUT2D eigenvalue weighted by molar-refractivity contribution is -0.113. The van der Waals surface area contributed by atoms with Gasteiger partial charge in [-0.15, -0.1) is 5.10 Å². The minimum atomic E-state index is -0.498. The molecule has 2 N–H and O–H groups in total. The molecule has 33 heavy (non-hydrogen) atoms. The lowest BCUT2D eigenvalue weighted by atomic mass is 9.95. The molecule has 1 aliphatic rings. The summed E-state index contributed by atoms with van der Waals surface area (Å²) in [5.41, 5.74) is 2.81. The van der Waals surface area contributed by atoms with Crippen LogP contribution in [0.2, 0.25) is 5.02 Å². The van der Waals surface area contributed by atoms with Gasteiger partial charge in [0.05, 0.1) is 10.6 Å². The Labute approximate surface area is 203 Å². The molecule has 0 bridgehead atoms. The Morgan fingerprint density at radius 3 is 2.58 bits per heavy atom. The van der Waals surface area contributed by atoms with Crippen LogP contribution in [0.4, 0.5) is 11.8 Å². The van der Waals surface area contributed by atoms with Crippen molar-refractivity contribution in [1.29, 1.82) is 0 Å². The summed E-state index contributed by atoms with van der Waals surface area (Å²) in [6, 6.07) is 20.1. The van der Waals surface area contributed by atoms with E-state index in [1.165, 1.54) is 0 Å². The number of amides is 1. The maximum Gasteiger partial charge on any atom is 0.257 e. The molecule has 0 aliphatic carbocycles. The standard InChI is InChI=1S/C24H18BrClN6O/c1-14-20(23(33)29-19-8-4-5-13-27-19)21(15-9-11-16(25)12-10-15)32-24(28-14)30-22(31-32)17-6-2-3-7-18(17)26/h2-13,21H,1H3,(H,27,29,33)(H,28,30,31). The van der Waals surface area contributed by atoms with E-state index in [1.807, 2.05) is 55.5 Å². The molecule has 0 saturated carbocycles. The molecule has 0 saturated heterocycles. The van der Waals surface area contributed by atoms with Gasteiger partial charge in [-0.05, 0) is 48.9 Å². The number of nitrogens with zero attached hydrogens (tertiary/aromatic N) is 4. The van der Waals surface area contributed by atoms with Gasteiger partial charge in [0.15, 0.2) is 5.82 Å². The zero-order valence-corrected chi connectivity index (χ0v) is 19.8. The fraction of sp³-hybridized carbons (Fsp3) is 0.0833. The number of nitrogens with one attached hydrogen (secondary N) is 2. The normalized spacial score (nSPS) is 15.1. The summed E-state index contributed by atoms with van der Waals surface area (Å²) in [4.78, 5) is 22.3. The third-order valence-corrected chi connectivity index (χ3v) is 6.16. The summed E-state index contributed by atoms with van der Waals surface area (Å²) in [5.74, 6) is 1.21. The molecule has 5 rings (SSSR count). The van der Waals surface area contributed by atoms with Crippen molar-refractivity contribution in [1.82, 2.24) is 19.7 Å². The molecule has 1 aliphatic heterocycles. The SMILES string of the molecule is CC1=C(C(=O)Nc2ccccn2)C(c2ccc(Br)cc2)n2nc(-c3ccccc3Cl)nc2N1. The number of hydrogen-bond donors (Lipinski definition) is 2. The number of carbonyl (C=O) groups excluding carboxylic acids is 1. The molecule has 1 atom stereocenters. The van der Waals surface area contributed by atoms with E-state index >= 15 is 0 Å². The van der Waals surface area contributed by atoms with Crippen molar-refractivity contribution in [2.75, 3.05) is 10.6 Å². The highest BCUT2D eigenvalue weighted by molar-refractivity contribution is 9.10. The molecular weight excluding hydrogens is 504 g/mol. The topological polar surface area (TPSA) is 84.7 Å². The molecule has 2 aromatic heterocycles. The number of halogens is 2. The highest BCUT2D eigenvalue weighted by Gasteiger charge is 2.34. The second-order valence-corrected chi connectivity index (χ2v) is 8.79. The van der Waals surface area contributed by atoms with Crippen LogP contribution in [0.25, 0.3) is 11.4 Å². The predicted octanol–water partition coefficient (Wildman–Crippen LogP) is 5.68. The van der Waals surface area contributed by atoms with Crippen LogP contribution in [0.5, 0.6) is 0 Å². The molecule has 0 spiro atoms. The third-order valence-electron chi connectivity index (χ3n) is 5.30. The number of carbonyl (C=O) groups is 1. The van der Waals surface area contributed by atoms with Crippen LogP contribution < -0.4 is 10.6 Å². The average Bonchev–Trinajstić information content (AvgIpc) is 3.23. The molecule has 9 heteroatoms. The summed E-state index contributed by atoms with van der Waals surface area (Å²) in [6.07, 6.45) is 1.63. The zero-order chi connectivity index (χ0) is 22.9. The average molecular weight is 522 g/mol. The Morgan fingerprint density at radius 1 is 1.09 bits per heavy atom. The van der Waals surface area contributed by atoms with E-state index in [-0.39, 0.29) is 5.91 Å². The van der Waals surface area contributed by atoms with Crippen LogP contribution in [-0.2, 0) is 4.79 Å². The monoisotopic (exact) mass is 520 g/mol. The first-order valence-corrected chi connectivity index (χ1v) is 11.4. The Morgan fingerprint density at radius 2 is 1.85 bits per heavy atom. The Hall–Kier alpha value is -3.49. The maximum absolute atomic E-state index is 13.4. The summed E-state index contributed by atoms with van der Waals surface area (Å²) in [5, 5.41) is 11.4. The van der Waals surface area contributed by atoms with Gasteiger partial charge in [-0.3, -0.25) is 4.79 Å². The van der Waals surface area contributed by atoms with Gasteiger partial charge in [-0.2, -0.15) is 4.98 Å². The summed E-state index contributed by atoms with van der Waals surface area (Å²) in [7, 11) is 0. The Balaban J connectivity index is 1.62. The molecule has 0 radical (unpaired) electrons. The van der Waals surface area contributed by atoms with Crippen molar-refractivity contribution >= 4 is 45.2 Å². The van der Waals surface area contributed by atoms with Gasteiger partial charge in [0.25, 0.3) is 5.91 Å². The highest BCUT2D eigenvalue weighted by atomic mass is 79.9. The number of fused-ring (bicyclic) bond motifs is 1.